The zero-order chi connectivity index (χ0) is 15.6. The van der Waals surface area contributed by atoms with Gasteiger partial charge < -0.3 is 4.57 Å². The number of amides is 2. The van der Waals surface area contributed by atoms with Gasteiger partial charge in [-0.1, -0.05) is 13.8 Å². The molecule has 0 atom stereocenters. The second-order valence-electron chi connectivity index (χ2n) is 5.19. The minimum atomic E-state index is -0.312. The Morgan fingerprint density at radius 1 is 1.10 bits per heavy atom. The van der Waals surface area contributed by atoms with Gasteiger partial charge in [0.25, 0.3) is 5.91 Å². The molecule has 2 aromatic heterocycles. The molecule has 0 saturated heterocycles. The second-order valence-corrected chi connectivity index (χ2v) is 6.08. The first-order valence-corrected chi connectivity index (χ1v) is 7.62. The van der Waals surface area contributed by atoms with Crippen LogP contribution in [0.4, 0.5) is 0 Å². The van der Waals surface area contributed by atoms with Crippen molar-refractivity contribution in [3.8, 4) is 5.00 Å². The van der Waals surface area contributed by atoms with Crippen molar-refractivity contribution in [2.24, 2.45) is 5.92 Å². The Morgan fingerprint density at radius 3 is 2.29 bits per heavy atom. The van der Waals surface area contributed by atoms with E-state index in [1.807, 2.05) is 35.9 Å². The van der Waals surface area contributed by atoms with Crippen molar-refractivity contribution < 1.29 is 9.59 Å². The number of thiophene rings is 1. The lowest BCUT2D eigenvalue weighted by molar-refractivity contribution is -0.124. The van der Waals surface area contributed by atoms with E-state index < -0.39 is 0 Å². The van der Waals surface area contributed by atoms with Crippen molar-refractivity contribution in [2.75, 3.05) is 0 Å². The molecule has 2 rings (SSSR count). The molecule has 0 fully saturated rings. The van der Waals surface area contributed by atoms with E-state index in [0.29, 0.717) is 5.56 Å². The lowest BCUT2D eigenvalue weighted by Crippen LogP contribution is -2.43. The van der Waals surface area contributed by atoms with Gasteiger partial charge in [0.1, 0.15) is 5.00 Å². The van der Waals surface area contributed by atoms with Crippen LogP contribution in [0.25, 0.3) is 5.00 Å². The van der Waals surface area contributed by atoms with Crippen molar-refractivity contribution >= 4 is 23.2 Å². The first-order chi connectivity index (χ1) is 9.91. The SMILES string of the molecule is Cc1ccc(C)n1-c1sccc1C(=O)NNC(=O)C(C)C. The molecule has 0 bridgehead atoms. The third-order valence-electron chi connectivity index (χ3n) is 3.19. The summed E-state index contributed by atoms with van der Waals surface area (Å²) in [6, 6.07) is 5.78. The van der Waals surface area contributed by atoms with Gasteiger partial charge in [-0.3, -0.25) is 20.4 Å². The maximum absolute atomic E-state index is 12.2. The van der Waals surface area contributed by atoms with E-state index in [0.717, 1.165) is 16.4 Å². The van der Waals surface area contributed by atoms with Crippen LogP contribution in [0, 0.1) is 19.8 Å². The van der Waals surface area contributed by atoms with Crippen LogP contribution < -0.4 is 10.9 Å². The zero-order valence-electron chi connectivity index (χ0n) is 12.6. The fourth-order valence-corrected chi connectivity index (χ4v) is 2.98. The Balaban J connectivity index is 2.21. The molecule has 0 radical (unpaired) electrons. The summed E-state index contributed by atoms with van der Waals surface area (Å²) in [5.74, 6) is -0.706. The lowest BCUT2D eigenvalue weighted by atomic mass is 10.2. The summed E-state index contributed by atoms with van der Waals surface area (Å²) < 4.78 is 2.03. The van der Waals surface area contributed by atoms with Gasteiger partial charge in [-0.25, -0.2) is 0 Å². The number of carbonyl (C=O) groups excluding carboxylic acids is 2. The number of aryl methyl sites for hydroxylation is 2. The highest BCUT2D eigenvalue weighted by atomic mass is 32.1. The average molecular weight is 305 g/mol. The molecule has 112 valence electrons. The van der Waals surface area contributed by atoms with Crippen molar-refractivity contribution in [2.45, 2.75) is 27.7 Å². The first kappa shape index (κ1) is 15.3. The molecule has 2 aromatic rings. The van der Waals surface area contributed by atoms with Gasteiger partial charge in [0.05, 0.1) is 5.56 Å². The quantitative estimate of drug-likeness (QED) is 0.856. The third-order valence-corrected chi connectivity index (χ3v) is 4.09. The highest BCUT2D eigenvalue weighted by Crippen LogP contribution is 2.25. The molecule has 0 aromatic carbocycles. The van der Waals surface area contributed by atoms with E-state index in [1.165, 1.54) is 11.3 Å². The standard InChI is InChI=1S/C15H19N3O2S/c1-9(2)13(19)16-17-14(20)12-7-8-21-15(12)18-10(3)5-6-11(18)4/h5-9H,1-4H3,(H,16,19)(H,17,20). The summed E-state index contributed by atoms with van der Waals surface area (Å²) in [5, 5.41) is 2.72. The van der Waals surface area contributed by atoms with Gasteiger partial charge in [-0.05, 0) is 37.4 Å². The van der Waals surface area contributed by atoms with Gasteiger partial charge >= 0.3 is 0 Å². The normalized spacial score (nSPS) is 10.7. The molecule has 2 heterocycles. The van der Waals surface area contributed by atoms with Crippen LogP contribution in [0.3, 0.4) is 0 Å². The molecule has 0 saturated carbocycles. The number of carbonyl (C=O) groups is 2. The summed E-state index contributed by atoms with van der Waals surface area (Å²) in [6.45, 7) is 7.53. The van der Waals surface area contributed by atoms with Gasteiger partial charge in [0, 0.05) is 17.3 Å². The Kier molecular flexibility index (Phi) is 4.47. The van der Waals surface area contributed by atoms with Crippen LogP contribution in [0.15, 0.2) is 23.6 Å². The Bertz CT molecular complexity index is 651. The Morgan fingerprint density at radius 2 is 1.71 bits per heavy atom. The fraction of sp³-hybridized carbons (Fsp3) is 0.333. The van der Waals surface area contributed by atoms with E-state index in [2.05, 4.69) is 10.9 Å². The van der Waals surface area contributed by atoms with Gasteiger partial charge in [-0.2, -0.15) is 0 Å². The Hall–Kier alpha value is -2.08. The molecular weight excluding hydrogens is 286 g/mol. The third kappa shape index (κ3) is 3.16. The predicted molar refractivity (Wildman–Crippen MR) is 83.6 cm³/mol. The van der Waals surface area contributed by atoms with E-state index in [9.17, 15) is 9.59 Å². The van der Waals surface area contributed by atoms with E-state index in [1.54, 1.807) is 19.9 Å². The molecule has 0 aliphatic carbocycles. The molecule has 0 aliphatic rings. The number of nitrogens with zero attached hydrogens (tertiary/aromatic N) is 1. The maximum Gasteiger partial charge on any atom is 0.272 e. The molecule has 5 nitrogen and oxygen atoms in total. The number of nitrogens with one attached hydrogen (secondary N) is 2. The monoisotopic (exact) mass is 305 g/mol. The molecular formula is C15H19N3O2S. The topological polar surface area (TPSA) is 63.1 Å². The average Bonchev–Trinajstić information content (AvgIpc) is 3.02. The molecule has 21 heavy (non-hydrogen) atoms. The van der Waals surface area contributed by atoms with Crippen LogP contribution >= 0.6 is 11.3 Å². The van der Waals surface area contributed by atoms with Gasteiger partial charge in [0.2, 0.25) is 5.91 Å². The predicted octanol–water partition coefficient (Wildman–Crippen LogP) is 2.57. The molecule has 0 spiro atoms. The van der Waals surface area contributed by atoms with E-state index >= 15 is 0 Å². The van der Waals surface area contributed by atoms with Crippen LogP contribution in [0.2, 0.25) is 0 Å². The highest BCUT2D eigenvalue weighted by molar-refractivity contribution is 7.13. The van der Waals surface area contributed by atoms with Crippen LogP contribution in [0.5, 0.6) is 0 Å². The second kappa shape index (κ2) is 6.13. The van der Waals surface area contributed by atoms with E-state index in [-0.39, 0.29) is 17.7 Å². The summed E-state index contributed by atoms with van der Waals surface area (Å²) in [6.07, 6.45) is 0. The van der Waals surface area contributed by atoms with Gasteiger partial charge in [-0.15, -0.1) is 11.3 Å². The molecule has 6 heteroatoms. The van der Waals surface area contributed by atoms with Crippen LogP contribution in [0.1, 0.15) is 35.6 Å². The lowest BCUT2D eigenvalue weighted by Gasteiger charge is -2.12. The number of rotatable bonds is 3. The highest BCUT2D eigenvalue weighted by Gasteiger charge is 2.17. The first-order valence-electron chi connectivity index (χ1n) is 6.74. The molecule has 2 N–H and O–H groups in total. The van der Waals surface area contributed by atoms with Crippen molar-refractivity contribution in [1.82, 2.24) is 15.4 Å². The largest absolute Gasteiger partial charge is 0.309 e. The Labute approximate surface area is 127 Å². The minimum Gasteiger partial charge on any atom is -0.309 e. The van der Waals surface area contributed by atoms with Crippen LogP contribution in [-0.4, -0.2) is 16.4 Å². The number of hydrogen-bond donors (Lipinski definition) is 2. The number of aromatic nitrogens is 1. The van der Waals surface area contributed by atoms with E-state index in [4.69, 9.17) is 0 Å². The molecule has 0 aliphatic heterocycles. The summed E-state index contributed by atoms with van der Waals surface area (Å²) >= 11 is 1.49. The van der Waals surface area contributed by atoms with Crippen molar-refractivity contribution in [3.63, 3.8) is 0 Å². The van der Waals surface area contributed by atoms with Crippen LogP contribution in [-0.2, 0) is 4.79 Å². The summed E-state index contributed by atoms with van der Waals surface area (Å²) in [4.78, 5) is 23.7. The maximum atomic E-state index is 12.2. The summed E-state index contributed by atoms with van der Waals surface area (Å²) in [7, 11) is 0. The number of hydrogen-bond acceptors (Lipinski definition) is 3. The smallest absolute Gasteiger partial charge is 0.272 e. The van der Waals surface area contributed by atoms with Crippen molar-refractivity contribution in [1.29, 1.82) is 0 Å². The summed E-state index contributed by atoms with van der Waals surface area (Å²) in [5.41, 5.74) is 7.57. The van der Waals surface area contributed by atoms with Gasteiger partial charge in [0.15, 0.2) is 0 Å². The zero-order valence-corrected chi connectivity index (χ0v) is 13.4. The van der Waals surface area contributed by atoms with Crippen molar-refractivity contribution in [3.05, 3.63) is 40.5 Å². The molecule has 2 amide bonds. The molecule has 0 unspecified atom stereocenters. The fourth-order valence-electron chi connectivity index (χ4n) is 1.97. The number of hydrazine groups is 1. The minimum absolute atomic E-state index is 0.179.